The van der Waals surface area contributed by atoms with Gasteiger partial charge in [-0.1, -0.05) is 42.2 Å². The van der Waals surface area contributed by atoms with Crippen molar-refractivity contribution < 1.29 is 19.8 Å². The van der Waals surface area contributed by atoms with Crippen LogP contribution in [0.15, 0.2) is 53.4 Å². The fraction of sp³-hybridized carbons (Fsp3) is 0.0556. The molecule has 2 aromatic carbocycles. The van der Waals surface area contributed by atoms with Crippen molar-refractivity contribution >= 4 is 51.9 Å². The number of anilines is 1. The molecule has 0 saturated carbocycles. The van der Waals surface area contributed by atoms with Gasteiger partial charge in [-0.05, 0) is 30.3 Å². The van der Waals surface area contributed by atoms with Crippen molar-refractivity contribution in [3.8, 4) is 11.5 Å². The Bertz CT molecular complexity index is 913. The highest BCUT2D eigenvalue weighted by Crippen LogP contribution is 2.34. The van der Waals surface area contributed by atoms with Crippen LogP contribution in [0, 0.1) is 0 Å². The molecule has 1 aliphatic heterocycles. The van der Waals surface area contributed by atoms with Gasteiger partial charge in [0.05, 0.1) is 4.91 Å². The molecule has 1 aliphatic rings. The summed E-state index contributed by atoms with van der Waals surface area (Å²) in [5.41, 5.74) is 1.00. The van der Waals surface area contributed by atoms with Gasteiger partial charge >= 0.3 is 0 Å². The van der Waals surface area contributed by atoms with Gasteiger partial charge in [-0.15, -0.1) is 0 Å². The third kappa shape index (κ3) is 4.04. The van der Waals surface area contributed by atoms with Gasteiger partial charge in [-0.3, -0.25) is 14.5 Å². The topological polar surface area (TPSA) is 89.9 Å². The first-order chi connectivity index (χ1) is 12.4. The Kier molecular flexibility index (Phi) is 5.24. The second-order valence-corrected chi connectivity index (χ2v) is 7.10. The number of phenolic OH excluding ortho intramolecular Hbond substituents is 2. The zero-order chi connectivity index (χ0) is 18.7. The number of phenols is 2. The summed E-state index contributed by atoms with van der Waals surface area (Å²) in [4.78, 5) is 26.2. The van der Waals surface area contributed by atoms with E-state index >= 15 is 0 Å². The van der Waals surface area contributed by atoms with E-state index in [9.17, 15) is 19.8 Å². The van der Waals surface area contributed by atoms with E-state index in [4.69, 9.17) is 12.2 Å². The van der Waals surface area contributed by atoms with Crippen LogP contribution in [0.4, 0.5) is 5.69 Å². The molecule has 26 heavy (non-hydrogen) atoms. The largest absolute Gasteiger partial charge is 0.508 e. The lowest BCUT2D eigenvalue weighted by atomic mass is 10.1. The Morgan fingerprint density at radius 3 is 2.62 bits per heavy atom. The molecular weight excluding hydrogens is 372 g/mol. The van der Waals surface area contributed by atoms with Crippen LogP contribution in [0.3, 0.4) is 0 Å². The quantitative estimate of drug-likeness (QED) is 0.553. The van der Waals surface area contributed by atoms with Crippen LogP contribution in [0.2, 0.25) is 0 Å². The van der Waals surface area contributed by atoms with Gasteiger partial charge in [-0.2, -0.15) is 0 Å². The Labute approximate surface area is 159 Å². The molecule has 3 N–H and O–H groups in total. The normalized spacial score (nSPS) is 15.5. The zero-order valence-electron chi connectivity index (χ0n) is 13.4. The molecule has 3 rings (SSSR count). The first-order valence-corrected chi connectivity index (χ1v) is 8.79. The molecule has 0 radical (unpaired) electrons. The summed E-state index contributed by atoms with van der Waals surface area (Å²) in [6.45, 7) is -0.196. The third-order valence-corrected chi connectivity index (χ3v) is 4.91. The second kappa shape index (κ2) is 7.59. The fourth-order valence-electron chi connectivity index (χ4n) is 2.30. The van der Waals surface area contributed by atoms with Crippen molar-refractivity contribution in [1.29, 1.82) is 0 Å². The van der Waals surface area contributed by atoms with Crippen molar-refractivity contribution in [2.75, 3.05) is 11.9 Å². The molecule has 6 nitrogen and oxygen atoms in total. The Hall–Kier alpha value is -2.84. The highest BCUT2D eigenvalue weighted by molar-refractivity contribution is 8.26. The summed E-state index contributed by atoms with van der Waals surface area (Å²) in [7, 11) is 0. The summed E-state index contributed by atoms with van der Waals surface area (Å²) in [6.07, 6.45) is 1.48. The standard InChI is InChI=1S/C18H14N2O4S2/c21-13-7-6-11(14(22)9-13)8-15-17(24)20(18(25)26-15)10-16(23)19-12-4-2-1-3-5-12/h1-9,21-22H,10H2,(H,19,23)/b15-8-. The molecule has 2 aromatic rings. The number of benzene rings is 2. The van der Waals surface area contributed by atoms with Crippen LogP contribution < -0.4 is 5.32 Å². The minimum atomic E-state index is -0.407. The van der Waals surface area contributed by atoms with E-state index in [0.29, 0.717) is 16.2 Å². The van der Waals surface area contributed by atoms with Crippen molar-refractivity contribution in [3.05, 3.63) is 59.0 Å². The molecule has 0 aromatic heterocycles. The molecular formula is C18H14N2O4S2. The molecule has 8 heteroatoms. The monoisotopic (exact) mass is 386 g/mol. The number of rotatable bonds is 4. The summed E-state index contributed by atoms with van der Waals surface area (Å²) in [5, 5.41) is 21.9. The van der Waals surface area contributed by atoms with Crippen LogP contribution >= 0.6 is 24.0 Å². The number of thioether (sulfide) groups is 1. The van der Waals surface area contributed by atoms with Crippen molar-refractivity contribution in [2.24, 2.45) is 0 Å². The maximum absolute atomic E-state index is 12.5. The lowest BCUT2D eigenvalue weighted by Crippen LogP contribution is -2.36. The molecule has 1 fully saturated rings. The predicted molar refractivity (Wildman–Crippen MR) is 105 cm³/mol. The minimum absolute atomic E-state index is 0.0789. The van der Waals surface area contributed by atoms with Crippen molar-refractivity contribution in [2.45, 2.75) is 0 Å². The van der Waals surface area contributed by atoms with E-state index in [1.165, 1.54) is 29.2 Å². The number of hydrogen-bond donors (Lipinski definition) is 3. The molecule has 2 amide bonds. The van der Waals surface area contributed by atoms with E-state index in [0.717, 1.165) is 11.8 Å². The van der Waals surface area contributed by atoms with Crippen LogP contribution in [-0.2, 0) is 9.59 Å². The van der Waals surface area contributed by atoms with Gasteiger partial charge in [-0.25, -0.2) is 0 Å². The number of nitrogens with zero attached hydrogens (tertiary/aromatic N) is 1. The van der Waals surface area contributed by atoms with Crippen LogP contribution in [0.5, 0.6) is 11.5 Å². The number of thiocarbonyl (C=S) groups is 1. The summed E-state index contributed by atoms with van der Waals surface area (Å²) >= 11 is 6.25. The number of para-hydroxylation sites is 1. The SMILES string of the molecule is O=C(CN1C(=O)/C(=C/c2ccc(O)cc2O)SC1=S)Nc1ccccc1. The highest BCUT2D eigenvalue weighted by Gasteiger charge is 2.33. The van der Waals surface area contributed by atoms with E-state index in [2.05, 4.69) is 5.32 Å². The van der Waals surface area contributed by atoms with Gasteiger partial charge in [0.1, 0.15) is 22.4 Å². The van der Waals surface area contributed by atoms with Gasteiger partial charge in [0, 0.05) is 17.3 Å². The lowest BCUT2D eigenvalue weighted by molar-refractivity contribution is -0.126. The van der Waals surface area contributed by atoms with Gasteiger partial charge < -0.3 is 15.5 Å². The smallest absolute Gasteiger partial charge is 0.266 e. The molecule has 1 saturated heterocycles. The van der Waals surface area contributed by atoms with E-state index in [1.807, 2.05) is 6.07 Å². The number of nitrogens with one attached hydrogen (secondary N) is 1. The first kappa shape index (κ1) is 18.0. The molecule has 132 valence electrons. The highest BCUT2D eigenvalue weighted by atomic mass is 32.2. The Morgan fingerprint density at radius 2 is 1.92 bits per heavy atom. The Morgan fingerprint density at radius 1 is 1.19 bits per heavy atom. The molecule has 0 atom stereocenters. The summed E-state index contributed by atoms with van der Waals surface area (Å²) < 4.78 is 0.266. The summed E-state index contributed by atoms with van der Waals surface area (Å²) in [5.74, 6) is -1.00. The average Bonchev–Trinajstić information content (AvgIpc) is 2.86. The fourth-order valence-corrected chi connectivity index (χ4v) is 3.54. The molecule has 0 bridgehead atoms. The lowest BCUT2D eigenvalue weighted by Gasteiger charge is -2.14. The average molecular weight is 386 g/mol. The van der Waals surface area contributed by atoms with Crippen molar-refractivity contribution in [3.63, 3.8) is 0 Å². The number of amides is 2. The van der Waals surface area contributed by atoms with E-state index < -0.39 is 5.91 Å². The molecule has 0 aliphatic carbocycles. The zero-order valence-corrected chi connectivity index (χ0v) is 15.0. The minimum Gasteiger partial charge on any atom is -0.508 e. The summed E-state index contributed by atoms with van der Waals surface area (Å²) in [6, 6.07) is 13.0. The van der Waals surface area contributed by atoms with Crippen LogP contribution in [-0.4, -0.2) is 37.8 Å². The second-order valence-electron chi connectivity index (χ2n) is 5.43. The molecule has 0 unspecified atom stereocenters. The van der Waals surface area contributed by atoms with Gasteiger partial charge in [0.2, 0.25) is 5.91 Å². The van der Waals surface area contributed by atoms with Crippen molar-refractivity contribution in [1.82, 2.24) is 4.90 Å². The maximum atomic E-state index is 12.5. The van der Waals surface area contributed by atoms with Gasteiger partial charge in [0.15, 0.2) is 0 Å². The maximum Gasteiger partial charge on any atom is 0.266 e. The first-order valence-electron chi connectivity index (χ1n) is 7.56. The number of aromatic hydroxyl groups is 2. The van der Waals surface area contributed by atoms with E-state index in [1.54, 1.807) is 24.3 Å². The van der Waals surface area contributed by atoms with E-state index in [-0.39, 0.29) is 28.3 Å². The molecule has 0 spiro atoms. The van der Waals surface area contributed by atoms with Gasteiger partial charge in [0.25, 0.3) is 5.91 Å². The van der Waals surface area contributed by atoms with Crippen LogP contribution in [0.1, 0.15) is 5.56 Å². The Balaban J connectivity index is 1.72. The number of carbonyl (C=O) groups excluding carboxylic acids is 2. The number of carbonyl (C=O) groups is 2. The molecule has 1 heterocycles. The third-order valence-electron chi connectivity index (χ3n) is 3.53. The van der Waals surface area contributed by atoms with Crippen LogP contribution in [0.25, 0.3) is 6.08 Å². The number of hydrogen-bond acceptors (Lipinski definition) is 6. The predicted octanol–water partition coefficient (Wildman–Crippen LogP) is 2.94.